The molecule has 0 saturated heterocycles. The Kier molecular flexibility index (Phi) is 4.03. The van der Waals surface area contributed by atoms with E-state index in [9.17, 15) is 14.9 Å². The predicted molar refractivity (Wildman–Crippen MR) is 61.7 cm³/mol. The minimum absolute atomic E-state index is 0.0788. The van der Waals surface area contributed by atoms with Crippen molar-refractivity contribution in [2.75, 3.05) is 0 Å². The molecule has 0 saturated carbocycles. The molecular formula is C11H14N2O4. The second kappa shape index (κ2) is 5.29. The summed E-state index contributed by atoms with van der Waals surface area (Å²) in [6, 6.07) is 4.25. The van der Waals surface area contributed by atoms with Gasteiger partial charge in [0.15, 0.2) is 6.10 Å². The lowest BCUT2D eigenvalue weighted by molar-refractivity contribution is -0.385. The zero-order valence-electron chi connectivity index (χ0n) is 9.67. The first kappa shape index (κ1) is 13.0. The Bertz CT molecular complexity index is 445. The molecule has 6 heteroatoms. The van der Waals surface area contributed by atoms with Crippen molar-refractivity contribution in [2.24, 2.45) is 5.73 Å². The molecule has 6 nitrogen and oxygen atoms in total. The Morgan fingerprint density at radius 3 is 2.71 bits per heavy atom. The number of carbonyl (C=O) groups is 1. The van der Waals surface area contributed by atoms with Crippen molar-refractivity contribution < 1.29 is 14.5 Å². The highest BCUT2D eigenvalue weighted by atomic mass is 16.6. The predicted octanol–water partition coefficient (Wildman–Crippen LogP) is 1.55. The number of primary amides is 1. The van der Waals surface area contributed by atoms with Crippen molar-refractivity contribution in [3.63, 3.8) is 0 Å². The first-order valence-electron chi connectivity index (χ1n) is 5.16. The van der Waals surface area contributed by atoms with Gasteiger partial charge in [-0.05, 0) is 25.0 Å². The molecule has 0 aromatic heterocycles. The van der Waals surface area contributed by atoms with Crippen molar-refractivity contribution >= 4 is 11.6 Å². The van der Waals surface area contributed by atoms with Crippen LogP contribution in [0.1, 0.15) is 18.9 Å². The fraction of sp³-hybridized carbons (Fsp3) is 0.364. The molecule has 0 heterocycles. The third-order valence-corrected chi connectivity index (χ3v) is 2.34. The van der Waals surface area contributed by atoms with Crippen LogP contribution in [0.25, 0.3) is 0 Å². The molecule has 1 atom stereocenters. The summed E-state index contributed by atoms with van der Waals surface area (Å²) in [6.45, 7) is 3.49. The fourth-order valence-corrected chi connectivity index (χ4v) is 1.33. The summed E-state index contributed by atoms with van der Waals surface area (Å²) in [5.74, 6) is -0.275. The molecule has 0 bridgehead atoms. The number of aryl methyl sites for hydroxylation is 1. The van der Waals surface area contributed by atoms with Gasteiger partial charge in [0.1, 0.15) is 5.75 Å². The van der Waals surface area contributed by atoms with E-state index in [1.54, 1.807) is 19.9 Å². The number of non-ortho nitro benzene ring substituents is 1. The number of carbonyl (C=O) groups excluding carboxylic acids is 1. The van der Waals surface area contributed by atoms with E-state index in [0.717, 1.165) is 5.56 Å². The lowest BCUT2D eigenvalue weighted by atomic mass is 10.2. The number of nitrogens with zero attached hydrogens (tertiary/aromatic N) is 1. The van der Waals surface area contributed by atoms with Crippen molar-refractivity contribution in [3.8, 4) is 5.75 Å². The molecule has 1 unspecified atom stereocenters. The Hall–Kier alpha value is -2.11. The van der Waals surface area contributed by atoms with Crippen LogP contribution < -0.4 is 10.5 Å². The molecule has 17 heavy (non-hydrogen) atoms. The van der Waals surface area contributed by atoms with E-state index in [2.05, 4.69) is 0 Å². The average Bonchev–Trinajstić information content (AvgIpc) is 2.27. The lowest BCUT2D eigenvalue weighted by Gasteiger charge is -2.15. The van der Waals surface area contributed by atoms with Crippen LogP contribution in [0.4, 0.5) is 5.69 Å². The molecule has 0 aliphatic rings. The van der Waals surface area contributed by atoms with Crippen LogP contribution in [0.3, 0.4) is 0 Å². The maximum Gasteiger partial charge on any atom is 0.273 e. The van der Waals surface area contributed by atoms with Crippen molar-refractivity contribution in [1.29, 1.82) is 0 Å². The number of rotatable bonds is 5. The van der Waals surface area contributed by atoms with Gasteiger partial charge in [-0.15, -0.1) is 0 Å². The van der Waals surface area contributed by atoms with Gasteiger partial charge in [0.25, 0.3) is 11.6 Å². The Morgan fingerprint density at radius 1 is 1.59 bits per heavy atom. The molecule has 0 radical (unpaired) electrons. The average molecular weight is 238 g/mol. The summed E-state index contributed by atoms with van der Waals surface area (Å²) in [5.41, 5.74) is 5.78. The zero-order chi connectivity index (χ0) is 13.0. The highest BCUT2D eigenvalue weighted by Crippen LogP contribution is 2.25. The van der Waals surface area contributed by atoms with E-state index in [0.29, 0.717) is 12.2 Å². The summed E-state index contributed by atoms with van der Waals surface area (Å²) >= 11 is 0. The molecular weight excluding hydrogens is 224 g/mol. The van der Waals surface area contributed by atoms with Crippen LogP contribution >= 0.6 is 0 Å². The summed E-state index contributed by atoms with van der Waals surface area (Å²) in [5, 5.41) is 10.6. The first-order valence-corrected chi connectivity index (χ1v) is 5.16. The molecule has 0 fully saturated rings. The van der Waals surface area contributed by atoms with E-state index in [-0.39, 0.29) is 5.69 Å². The smallest absolute Gasteiger partial charge is 0.273 e. The molecule has 1 amide bonds. The molecule has 92 valence electrons. The van der Waals surface area contributed by atoms with Crippen LogP contribution in [0.2, 0.25) is 0 Å². The zero-order valence-corrected chi connectivity index (χ0v) is 9.67. The quantitative estimate of drug-likeness (QED) is 0.621. The van der Waals surface area contributed by atoms with Crippen molar-refractivity contribution in [1.82, 2.24) is 0 Å². The normalized spacial score (nSPS) is 11.9. The van der Waals surface area contributed by atoms with E-state index < -0.39 is 16.9 Å². The summed E-state index contributed by atoms with van der Waals surface area (Å²) in [7, 11) is 0. The standard InChI is InChI=1S/C11H14N2O4/c1-3-9(11(12)14)17-10-6-8(13(15)16)5-4-7(10)2/h4-6,9H,3H2,1-2H3,(H2,12,14). The molecule has 0 aliphatic heterocycles. The maximum atomic E-state index is 11.0. The third kappa shape index (κ3) is 3.17. The number of nitro groups is 1. The van der Waals surface area contributed by atoms with Gasteiger partial charge in [0, 0.05) is 6.07 Å². The number of ether oxygens (including phenoxy) is 1. The Morgan fingerprint density at radius 2 is 2.24 bits per heavy atom. The largest absolute Gasteiger partial charge is 0.480 e. The highest BCUT2D eigenvalue weighted by Gasteiger charge is 2.17. The number of benzene rings is 1. The van der Waals surface area contributed by atoms with Gasteiger partial charge >= 0.3 is 0 Å². The molecule has 2 N–H and O–H groups in total. The van der Waals surface area contributed by atoms with Gasteiger partial charge in [-0.3, -0.25) is 14.9 Å². The SMILES string of the molecule is CCC(Oc1cc([N+](=O)[O-])ccc1C)C(N)=O. The first-order chi connectivity index (χ1) is 7.95. The minimum Gasteiger partial charge on any atom is -0.480 e. The topological polar surface area (TPSA) is 95.5 Å². The Balaban J connectivity index is 3.00. The van der Waals surface area contributed by atoms with E-state index in [1.807, 2.05) is 0 Å². The number of hydrogen-bond donors (Lipinski definition) is 1. The maximum absolute atomic E-state index is 11.0. The van der Waals surface area contributed by atoms with Crippen LogP contribution in [-0.2, 0) is 4.79 Å². The van der Waals surface area contributed by atoms with Gasteiger partial charge in [0.05, 0.1) is 11.0 Å². The molecule has 0 spiro atoms. The molecule has 0 aliphatic carbocycles. The lowest BCUT2D eigenvalue weighted by Crippen LogP contribution is -2.33. The molecule has 1 rings (SSSR count). The monoisotopic (exact) mass is 238 g/mol. The van der Waals surface area contributed by atoms with Crippen molar-refractivity contribution in [3.05, 3.63) is 33.9 Å². The molecule has 1 aromatic carbocycles. The van der Waals surface area contributed by atoms with Crippen molar-refractivity contribution in [2.45, 2.75) is 26.4 Å². The summed E-state index contributed by atoms with van der Waals surface area (Å²) < 4.78 is 5.37. The van der Waals surface area contributed by atoms with Gasteiger partial charge in [-0.2, -0.15) is 0 Å². The number of hydrogen-bond acceptors (Lipinski definition) is 4. The van der Waals surface area contributed by atoms with Gasteiger partial charge in [-0.1, -0.05) is 6.92 Å². The van der Waals surface area contributed by atoms with E-state index in [4.69, 9.17) is 10.5 Å². The van der Waals surface area contributed by atoms with Gasteiger partial charge in [-0.25, -0.2) is 0 Å². The Labute approximate surface area is 98.5 Å². The van der Waals surface area contributed by atoms with Crippen LogP contribution in [0.5, 0.6) is 5.75 Å². The fourth-order valence-electron chi connectivity index (χ4n) is 1.33. The second-order valence-corrected chi connectivity index (χ2v) is 3.62. The number of nitro benzene ring substituents is 1. The highest BCUT2D eigenvalue weighted by molar-refractivity contribution is 5.79. The summed E-state index contributed by atoms with van der Waals surface area (Å²) in [4.78, 5) is 21.1. The van der Waals surface area contributed by atoms with Gasteiger partial charge < -0.3 is 10.5 Å². The molecule has 1 aromatic rings. The van der Waals surface area contributed by atoms with E-state index >= 15 is 0 Å². The second-order valence-electron chi connectivity index (χ2n) is 3.62. The van der Waals surface area contributed by atoms with Crippen LogP contribution in [0, 0.1) is 17.0 Å². The van der Waals surface area contributed by atoms with Gasteiger partial charge in [0.2, 0.25) is 0 Å². The number of amides is 1. The van der Waals surface area contributed by atoms with E-state index in [1.165, 1.54) is 12.1 Å². The number of nitrogens with two attached hydrogens (primary N) is 1. The third-order valence-electron chi connectivity index (χ3n) is 2.34. The van der Waals surface area contributed by atoms with Crippen LogP contribution in [0.15, 0.2) is 18.2 Å². The minimum atomic E-state index is -0.768. The van der Waals surface area contributed by atoms with Crippen LogP contribution in [-0.4, -0.2) is 16.9 Å². The summed E-state index contributed by atoms with van der Waals surface area (Å²) in [6.07, 6.45) is -0.354.